The molecular weight excluding hydrogens is 258 g/mol. The summed E-state index contributed by atoms with van der Waals surface area (Å²) in [6, 6.07) is 17.2. The number of aliphatic imine (C=N–C) groups is 1. The van der Waals surface area contributed by atoms with Crippen LogP contribution in [-0.2, 0) is 6.42 Å². The fourth-order valence-corrected chi connectivity index (χ4v) is 3.01. The second-order valence-corrected chi connectivity index (χ2v) is 5.48. The van der Waals surface area contributed by atoms with E-state index in [9.17, 15) is 0 Å². The molecule has 0 spiro atoms. The molecule has 0 fully saturated rings. The Morgan fingerprint density at radius 1 is 1.19 bits per heavy atom. The number of anilines is 1. The highest BCUT2D eigenvalue weighted by atomic mass is 15.3. The summed E-state index contributed by atoms with van der Waals surface area (Å²) in [7, 11) is 0. The van der Waals surface area contributed by atoms with Crippen molar-refractivity contribution in [3.8, 4) is 0 Å². The van der Waals surface area contributed by atoms with Gasteiger partial charge in [0.15, 0.2) is 5.96 Å². The maximum atomic E-state index is 6.16. The minimum absolute atomic E-state index is 0.197. The first-order valence-corrected chi connectivity index (χ1v) is 7.44. The van der Waals surface area contributed by atoms with E-state index < -0.39 is 0 Å². The van der Waals surface area contributed by atoms with Crippen LogP contribution in [-0.4, -0.2) is 12.5 Å². The van der Waals surface area contributed by atoms with Gasteiger partial charge in [0.1, 0.15) is 0 Å². The summed E-state index contributed by atoms with van der Waals surface area (Å²) in [5.74, 6) is 0.608. The van der Waals surface area contributed by atoms with Crippen molar-refractivity contribution < 1.29 is 0 Å². The van der Waals surface area contributed by atoms with Crippen LogP contribution >= 0.6 is 0 Å². The summed E-state index contributed by atoms with van der Waals surface area (Å²) in [4.78, 5) is 6.63. The number of aryl methyl sites for hydroxylation is 2. The SMILES string of the molecule is CCc1ccccc1C1CN=C(N)N1c1cccc(C)c1. The Labute approximate surface area is 126 Å². The molecule has 0 aromatic heterocycles. The van der Waals surface area contributed by atoms with Crippen LogP contribution < -0.4 is 10.6 Å². The molecule has 1 unspecified atom stereocenters. The third kappa shape index (κ3) is 2.51. The smallest absolute Gasteiger partial charge is 0.196 e. The quantitative estimate of drug-likeness (QED) is 0.935. The molecule has 1 heterocycles. The van der Waals surface area contributed by atoms with Gasteiger partial charge in [0.2, 0.25) is 0 Å². The Balaban J connectivity index is 2.03. The van der Waals surface area contributed by atoms with Crippen molar-refractivity contribution in [1.82, 2.24) is 0 Å². The van der Waals surface area contributed by atoms with E-state index in [0.29, 0.717) is 5.96 Å². The van der Waals surface area contributed by atoms with E-state index >= 15 is 0 Å². The van der Waals surface area contributed by atoms with E-state index in [0.717, 1.165) is 18.7 Å². The zero-order chi connectivity index (χ0) is 14.8. The standard InChI is InChI=1S/C18H21N3/c1-3-14-8-4-5-10-16(14)17-12-20-18(19)21(17)15-9-6-7-13(2)11-15/h4-11,17H,3,12H2,1-2H3,(H2,19,20). The van der Waals surface area contributed by atoms with Crippen molar-refractivity contribution in [2.75, 3.05) is 11.4 Å². The van der Waals surface area contributed by atoms with Crippen LogP contribution in [0.2, 0.25) is 0 Å². The largest absolute Gasteiger partial charge is 0.369 e. The average Bonchev–Trinajstić information content (AvgIpc) is 2.88. The van der Waals surface area contributed by atoms with Gasteiger partial charge >= 0.3 is 0 Å². The van der Waals surface area contributed by atoms with Crippen LogP contribution in [0.4, 0.5) is 5.69 Å². The fourth-order valence-electron chi connectivity index (χ4n) is 3.01. The van der Waals surface area contributed by atoms with Crippen LogP contribution in [0.3, 0.4) is 0 Å². The molecule has 0 bridgehead atoms. The topological polar surface area (TPSA) is 41.6 Å². The van der Waals surface area contributed by atoms with E-state index in [4.69, 9.17) is 5.73 Å². The Morgan fingerprint density at radius 2 is 2.00 bits per heavy atom. The molecule has 108 valence electrons. The highest BCUT2D eigenvalue weighted by Gasteiger charge is 2.29. The van der Waals surface area contributed by atoms with Crippen molar-refractivity contribution in [3.63, 3.8) is 0 Å². The third-order valence-electron chi connectivity index (χ3n) is 4.06. The van der Waals surface area contributed by atoms with Crippen molar-refractivity contribution in [2.24, 2.45) is 10.7 Å². The van der Waals surface area contributed by atoms with Crippen LogP contribution in [0, 0.1) is 6.92 Å². The lowest BCUT2D eigenvalue weighted by Gasteiger charge is -2.28. The average molecular weight is 279 g/mol. The lowest BCUT2D eigenvalue weighted by Crippen LogP contribution is -2.36. The second-order valence-electron chi connectivity index (χ2n) is 5.48. The minimum atomic E-state index is 0.197. The van der Waals surface area contributed by atoms with Crippen molar-refractivity contribution in [3.05, 3.63) is 65.2 Å². The van der Waals surface area contributed by atoms with Gasteiger partial charge in [-0.3, -0.25) is 4.99 Å². The van der Waals surface area contributed by atoms with Crippen LogP contribution in [0.15, 0.2) is 53.5 Å². The van der Waals surface area contributed by atoms with Gasteiger partial charge in [-0.25, -0.2) is 0 Å². The number of hydrogen-bond acceptors (Lipinski definition) is 3. The summed E-state index contributed by atoms with van der Waals surface area (Å²) < 4.78 is 0. The third-order valence-corrected chi connectivity index (χ3v) is 4.06. The summed E-state index contributed by atoms with van der Waals surface area (Å²) in [5, 5.41) is 0. The maximum Gasteiger partial charge on any atom is 0.196 e. The first-order chi connectivity index (χ1) is 10.2. The molecule has 0 saturated heterocycles. The molecule has 1 aliphatic heterocycles. The number of nitrogens with zero attached hydrogens (tertiary/aromatic N) is 2. The van der Waals surface area contributed by atoms with Crippen molar-refractivity contribution in [2.45, 2.75) is 26.3 Å². The van der Waals surface area contributed by atoms with Crippen LogP contribution in [0.25, 0.3) is 0 Å². The number of benzene rings is 2. The molecule has 2 aromatic carbocycles. The van der Waals surface area contributed by atoms with Gasteiger partial charge in [0.25, 0.3) is 0 Å². The van der Waals surface area contributed by atoms with Crippen LogP contribution in [0.5, 0.6) is 0 Å². The van der Waals surface area contributed by atoms with Gasteiger partial charge in [-0.15, -0.1) is 0 Å². The van der Waals surface area contributed by atoms with Gasteiger partial charge in [0, 0.05) is 5.69 Å². The van der Waals surface area contributed by atoms with E-state index in [1.165, 1.54) is 16.7 Å². The summed E-state index contributed by atoms with van der Waals surface area (Å²) in [5.41, 5.74) is 11.2. The molecule has 2 N–H and O–H groups in total. The highest BCUT2D eigenvalue weighted by molar-refractivity contribution is 5.97. The van der Waals surface area contributed by atoms with Gasteiger partial charge in [-0.1, -0.05) is 43.3 Å². The summed E-state index contributed by atoms with van der Waals surface area (Å²) in [6.07, 6.45) is 1.02. The molecule has 21 heavy (non-hydrogen) atoms. The molecule has 2 aromatic rings. The monoisotopic (exact) mass is 279 g/mol. The van der Waals surface area contributed by atoms with Crippen LogP contribution in [0.1, 0.15) is 29.7 Å². The molecule has 3 rings (SSSR count). The summed E-state index contributed by atoms with van der Waals surface area (Å²) >= 11 is 0. The predicted molar refractivity (Wildman–Crippen MR) is 88.7 cm³/mol. The normalized spacial score (nSPS) is 17.9. The maximum absolute atomic E-state index is 6.16. The Hall–Kier alpha value is -2.29. The van der Waals surface area contributed by atoms with E-state index in [-0.39, 0.29) is 6.04 Å². The molecule has 1 aliphatic rings. The Morgan fingerprint density at radius 3 is 2.76 bits per heavy atom. The number of rotatable bonds is 3. The molecule has 0 aliphatic carbocycles. The molecular formula is C18H21N3. The number of nitrogens with two attached hydrogens (primary N) is 1. The molecule has 0 radical (unpaired) electrons. The first-order valence-electron chi connectivity index (χ1n) is 7.44. The molecule has 3 nitrogen and oxygen atoms in total. The highest BCUT2D eigenvalue weighted by Crippen LogP contribution is 2.33. The number of guanidine groups is 1. The minimum Gasteiger partial charge on any atom is -0.369 e. The Kier molecular flexibility index (Phi) is 3.65. The first kappa shape index (κ1) is 13.7. The second kappa shape index (κ2) is 5.60. The Bertz CT molecular complexity index is 676. The van der Waals surface area contributed by atoms with Gasteiger partial charge in [-0.05, 0) is 42.2 Å². The molecule has 0 amide bonds. The van der Waals surface area contributed by atoms with E-state index in [2.05, 4.69) is 72.3 Å². The molecule has 1 atom stereocenters. The summed E-state index contributed by atoms with van der Waals surface area (Å²) in [6.45, 7) is 5.01. The zero-order valence-electron chi connectivity index (χ0n) is 12.6. The van der Waals surface area contributed by atoms with Gasteiger partial charge in [0.05, 0.1) is 12.6 Å². The molecule has 0 saturated carbocycles. The van der Waals surface area contributed by atoms with Gasteiger partial charge < -0.3 is 10.6 Å². The lowest BCUT2D eigenvalue weighted by molar-refractivity contribution is 0.756. The lowest BCUT2D eigenvalue weighted by atomic mass is 9.97. The van der Waals surface area contributed by atoms with Gasteiger partial charge in [-0.2, -0.15) is 0 Å². The fraction of sp³-hybridized carbons (Fsp3) is 0.278. The number of hydrogen-bond donors (Lipinski definition) is 1. The van der Waals surface area contributed by atoms with E-state index in [1.54, 1.807) is 0 Å². The predicted octanol–water partition coefficient (Wildman–Crippen LogP) is 3.43. The zero-order valence-corrected chi connectivity index (χ0v) is 12.6. The van der Waals surface area contributed by atoms with E-state index in [1.807, 2.05) is 0 Å². The molecule has 3 heteroatoms. The van der Waals surface area contributed by atoms with Crippen molar-refractivity contribution in [1.29, 1.82) is 0 Å². The van der Waals surface area contributed by atoms with Crippen molar-refractivity contribution >= 4 is 11.6 Å².